The van der Waals surface area contributed by atoms with E-state index in [1.165, 1.54) is 0 Å². The Kier molecular flexibility index (Phi) is 40.3. The van der Waals surface area contributed by atoms with Crippen molar-refractivity contribution in [3.05, 3.63) is 10.4 Å². The molecular weight excluding hydrogens is 1410 g/mol. The number of hydrogen-bond acceptors (Lipinski definition) is 23. The number of hydrogen-bond donors (Lipinski definition) is 4. The highest BCUT2D eigenvalue weighted by Crippen LogP contribution is 2.35. The molecule has 29 nitrogen and oxygen atoms in total. The maximum Gasteiger partial charge on any atom is 0.306 e. The van der Waals surface area contributed by atoms with E-state index in [4.69, 9.17) is 42.6 Å². The second-order valence-corrected chi connectivity index (χ2v) is 37.7. The summed E-state index contributed by atoms with van der Waals surface area (Å²) in [6.07, 6.45) is -7.49. The van der Waals surface area contributed by atoms with Gasteiger partial charge >= 0.3 is 53.7 Å². The lowest BCUT2D eigenvalue weighted by Gasteiger charge is -2.39. The molecule has 0 saturated carbocycles. The first-order chi connectivity index (χ1) is 49.2. The summed E-state index contributed by atoms with van der Waals surface area (Å²) in [6, 6.07) is 0. The Morgan fingerprint density at radius 2 is 0.358 bits per heavy atom. The van der Waals surface area contributed by atoms with Gasteiger partial charge in [0, 0.05) is 117 Å². The first-order valence-electron chi connectivity index (χ1n) is 38.4. The quantitative estimate of drug-likeness (QED) is 0.0110. The second kappa shape index (κ2) is 43.3. The lowest BCUT2D eigenvalue weighted by atomic mass is 9.80. The first-order valence-corrected chi connectivity index (χ1v) is 38.4. The molecule has 4 N–H and O–H groups in total. The van der Waals surface area contributed by atoms with E-state index >= 15 is 14.4 Å². The highest BCUT2D eigenvalue weighted by Gasteiger charge is 2.43. The number of carbonyl (C=O) groups excluding carboxylic acids is 13. The topological polar surface area (TPSA) is 402 Å². The molecule has 109 heavy (non-hydrogen) atoms. The van der Waals surface area contributed by atoms with Crippen molar-refractivity contribution in [2.45, 2.75) is 426 Å². The van der Waals surface area contributed by atoms with E-state index in [9.17, 15) is 53.5 Å². The van der Waals surface area contributed by atoms with Gasteiger partial charge in [0.25, 0.3) is 0 Å². The van der Waals surface area contributed by atoms with Crippen LogP contribution in [0.3, 0.4) is 0 Å². The smallest absolute Gasteiger partial charge is 0.306 e. The SMILES string of the molecule is CC(C)(C)OC(=O)CCC(CCC(=O)OC(C)(C)C)(CCC(=O)OC(C)(C)C)NC(=O)CCC(CCC(=O)NC(CCC(=O)OC(C)(C)C)(CCC(=O)OC(C)(C)C)CCC(=O)OC(C)(C)C)(CCC(=O)NC(CCC(=O)OC(C)(C)C)(CCC(=O)OC(C)(C)C)CCC(=O)OC(C)(C)C)NC(=O)CCCN=[N+]=[N-]. The Morgan fingerprint density at radius 1 is 0.229 bits per heavy atom. The molecular formula is C80H139N7O22. The molecule has 0 aliphatic heterocycles. The van der Waals surface area contributed by atoms with Crippen molar-refractivity contribution in [2.75, 3.05) is 6.54 Å². The summed E-state index contributed by atoms with van der Waals surface area (Å²) in [4.78, 5) is 187. The van der Waals surface area contributed by atoms with Gasteiger partial charge in [-0.25, -0.2) is 0 Å². The molecule has 0 aromatic rings. The summed E-state index contributed by atoms with van der Waals surface area (Å²) in [5.41, 5.74) is -5.73. The monoisotopic (exact) mass is 1550 g/mol. The Balaban J connectivity index is 9.23. The van der Waals surface area contributed by atoms with E-state index in [2.05, 4.69) is 31.3 Å². The summed E-state index contributed by atoms with van der Waals surface area (Å²) in [6.45, 7) is 45.1. The maximum absolute atomic E-state index is 15.4. The zero-order chi connectivity index (χ0) is 84.7. The number of rotatable bonds is 44. The van der Waals surface area contributed by atoms with E-state index < -0.39 is 169 Å². The Labute approximate surface area is 649 Å². The average molecular weight is 1550 g/mol. The first kappa shape index (κ1) is 101. The highest BCUT2D eigenvalue weighted by atomic mass is 16.6. The van der Waals surface area contributed by atoms with Crippen LogP contribution in [0, 0.1) is 0 Å². The molecule has 0 aliphatic rings. The van der Waals surface area contributed by atoms with Gasteiger partial charge in [0.15, 0.2) is 0 Å². The number of nitrogens with one attached hydrogen (secondary N) is 4. The number of esters is 9. The molecule has 0 rings (SSSR count). The fourth-order valence-electron chi connectivity index (χ4n) is 11.7. The number of amides is 4. The van der Waals surface area contributed by atoms with Gasteiger partial charge in [-0.15, -0.1) is 0 Å². The van der Waals surface area contributed by atoms with E-state index in [0.29, 0.717) is 0 Å². The summed E-state index contributed by atoms with van der Waals surface area (Å²) in [5, 5.41) is 15.8. The van der Waals surface area contributed by atoms with E-state index in [0.717, 1.165) is 0 Å². The van der Waals surface area contributed by atoms with Gasteiger partial charge in [-0.2, -0.15) is 0 Å². The van der Waals surface area contributed by atoms with Crippen molar-refractivity contribution in [1.29, 1.82) is 0 Å². The highest BCUT2D eigenvalue weighted by molar-refractivity contribution is 5.82. The molecule has 29 heteroatoms. The van der Waals surface area contributed by atoms with Crippen LogP contribution in [0.4, 0.5) is 0 Å². The fourth-order valence-corrected chi connectivity index (χ4v) is 11.7. The Hall–Kier alpha value is -7.58. The van der Waals surface area contributed by atoms with Crippen LogP contribution in [0.15, 0.2) is 5.11 Å². The summed E-state index contributed by atoms with van der Waals surface area (Å²) in [7, 11) is 0. The normalized spacial score (nSPS) is 12.9. The van der Waals surface area contributed by atoms with Crippen LogP contribution >= 0.6 is 0 Å². The third-order valence-electron chi connectivity index (χ3n) is 15.9. The van der Waals surface area contributed by atoms with Gasteiger partial charge in [-0.05, 0) is 276 Å². The molecule has 0 aromatic carbocycles. The van der Waals surface area contributed by atoms with Gasteiger partial charge < -0.3 is 63.9 Å². The summed E-state index contributed by atoms with van der Waals surface area (Å²) in [5.74, 6) is -8.87. The molecule has 4 amide bonds. The predicted octanol–water partition coefficient (Wildman–Crippen LogP) is 13.9. The van der Waals surface area contributed by atoms with Gasteiger partial charge in [-0.3, -0.25) is 62.3 Å². The molecule has 0 aromatic heterocycles. The van der Waals surface area contributed by atoms with Crippen LogP contribution in [0.25, 0.3) is 10.4 Å². The van der Waals surface area contributed by atoms with Gasteiger partial charge in [0.1, 0.15) is 50.4 Å². The standard InChI is InChI=1S/C80H139N7O22/c1-68(2,3)101-59(92)33-45-78(46-34-60(93)102-69(4,5)6,47-35-61(94)103-70(7,8)9)84-56(89)30-42-77(83-55(88)29-28-54-82-87-81,43-31-57(90)85-79(48-36-62(95)104-71(10,11)12,49-37-63(96)105-72(13,14)15)50-38-64(97)106-73(16,17)18)44-32-58(91)86-80(51-39-65(98)107-74(19,20)21,52-40-66(99)108-75(22,23)24)53-41-67(100)109-76(25,26)27/h28-54H2,1-27H3,(H,83,88)(H,84,89)(H,85,90)(H,86,91). The van der Waals surface area contributed by atoms with E-state index in [1.54, 1.807) is 187 Å². The van der Waals surface area contributed by atoms with E-state index in [1.807, 2.05) is 0 Å². The second-order valence-electron chi connectivity index (χ2n) is 37.7. The van der Waals surface area contributed by atoms with Crippen LogP contribution < -0.4 is 21.3 Å². The number of nitrogens with zero attached hydrogens (tertiary/aromatic N) is 3. The number of carbonyl (C=O) groups is 13. The molecule has 0 atom stereocenters. The lowest BCUT2D eigenvalue weighted by Crippen LogP contribution is -2.54. The molecule has 0 bridgehead atoms. The van der Waals surface area contributed by atoms with E-state index in [-0.39, 0.29) is 154 Å². The lowest BCUT2D eigenvalue weighted by molar-refractivity contribution is -0.158. The fraction of sp³-hybridized carbons (Fsp3) is 0.838. The third kappa shape index (κ3) is 53.0. The van der Waals surface area contributed by atoms with Gasteiger partial charge in [0.05, 0.1) is 0 Å². The molecule has 0 radical (unpaired) electrons. The minimum absolute atomic E-state index is 0.00776. The van der Waals surface area contributed by atoms with Gasteiger partial charge in [-0.1, -0.05) is 5.11 Å². The molecule has 626 valence electrons. The predicted molar refractivity (Wildman–Crippen MR) is 410 cm³/mol. The molecule has 0 fully saturated rings. The maximum atomic E-state index is 15.4. The van der Waals surface area contributed by atoms with Crippen LogP contribution in [0.2, 0.25) is 0 Å². The van der Waals surface area contributed by atoms with Crippen molar-refractivity contribution >= 4 is 77.4 Å². The average Bonchev–Trinajstić information content (AvgIpc) is 0.822. The number of azide groups is 1. The van der Waals surface area contributed by atoms with Crippen molar-refractivity contribution < 1.29 is 105 Å². The van der Waals surface area contributed by atoms with Crippen molar-refractivity contribution in [2.24, 2.45) is 5.11 Å². The molecule has 0 saturated heterocycles. The minimum Gasteiger partial charge on any atom is -0.460 e. The molecule has 0 heterocycles. The Morgan fingerprint density at radius 3 is 0.486 bits per heavy atom. The zero-order valence-corrected chi connectivity index (χ0v) is 71.4. The summed E-state index contributed by atoms with van der Waals surface area (Å²) < 4.78 is 51.3. The van der Waals surface area contributed by atoms with Crippen LogP contribution in [-0.2, 0) is 105 Å². The number of ether oxygens (including phenoxy) is 9. The van der Waals surface area contributed by atoms with Crippen LogP contribution in [-0.4, -0.2) is 156 Å². The van der Waals surface area contributed by atoms with Crippen LogP contribution in [0.5, 0.6) is 0 Å². The van der Waals surface area contributed by atoms with Crippen molar-refractivity contribution in [3.8, 4) is 0 Å². The largest absolute Gasteiger partial charge is 0.460 e. The van der Waals surface area contributed by atoms with Crippen molar-refractivity contribution in [1.82, 2.24) is 21.3 Å². The minimum atomic E-state index is -1.80. The molecule has 0 unspecified atom stereocenters. The molecule has 0 aliphatic carbocycles. The summed E-state index contributed by atoms with van der Waals surface area (Å²) >= 11 is 0. The molecule has 0 spiro atoms. The van der Waals surface area contributed by atoms with Crippen molar-refractivity contribution in [3.63, 3.8) is 0 Å². The Bertz CT molecular complexity index is 2560. The van der Waals surface area contributed by atoms with Gasteiger partial charge in [0.2, 0.25) is 23.6 Å². The zero-order valence-electron chi connectivity index (χ0n) is 71.4. The third-order valence-corrected chi connectivity index (χ3v) is 15.9. The van der Waals surface area contributed by atoms with Crippen LogP contribution in [0.1, 0.15) is 354 Å².